The van der Waals surface area contributed by atoms with Crippen LogP contribution in [0.5, 0.6) is 0 Å². The molecule has 0 radical (unpaired) electrons. The second-order valence-corrected chi connectivity index (χ2v) is 5.02. The zero-order valence-corrected chi connectivity index (χ0v) is 12.8. The summed E-state index contributed by atoms with van der Waals surface area (Å²) < 4.78 is 12.8. The van der Waals surface area contributed by atoms with Crippen molar-refractivity contribution in [2.24, 2.45) is 5.10 Å². The second kappa shape index (κ2) is 7.31. The highest BCUT2D eigenvalue weighted by atomic mass is 19.1. The number of amides is 2. The van der Waals surface area contributed by atoms with Gasteiger partial charge < -0.3 is 5.32 Å². The van der Waals surface area contributed by atoms with Crippen molar-refractivity contribution in [2.45, 2.75) is 13.8 Å². The first kappa shape index (κ1) is 16.4. The van der Waals surface area contributed by atoms with Gasteiger partial charge in [-0.05, 0) is 49.2 Å². The predicted octanol–water partition coefficient (Wildman–Crippen LogP) is 2.53. The van der Waals surface area contributed by atoms with E-state index >= 15 is 0 Å². The van der Waals surface area contributed by atoms with Crippen molar-refractivity contribution < 1.29 is 14.0 Å². The minimum atomic E-state index is -0.907. The molecule has 5 nitrogen and oxygen atoms in total. The highest BCUT2D eigenvalue weighted by molar-refractivity contribution is 6.39. The zero-order chi connectivity index (χ0) is 16.8. The van der Waals surface area contributed by atoms with Crippen molar-refractivity contribution in [1.29, 1.82) is 0 Å². The normalized spacial score (nSPS) is 10.6. The molecule has 2 aromatic rings. The molecule has 2 aromatic carbocycles. The number of nitrogens with zero attached hydrogens (tertiary/aromatic N) is 1. The largest absolute Gasteiger partial charge is 0.329 e. The van der Waals surface area contributed by atoms with Gasteiger partial charge >= 0.3 is 11.8 Å². The molecule has 0 unspecified atom stereocenters. The average Bonchev–Trinajstić information content (AvgIpc) is 2.51. The van der Waals surface area contributed by atoms with E-state index in [0.29, 0.717) is 5.69 Å². The summed E-state index contributed by atoms with van der Waals surface area (Å²) in [5, 5.41) is 6.11. The molecule has 2 rings (SSSR count). The molecule has 2 amide bonds. The van der Waals surface area contributed by atoms with Crippen LogP contribution in [-0.2, 0) is 9.59 Å². The molecule has 23 heavy (non-hydrogen) atoms. The van der Waals surface area contributed by atoms with Crippen LogP contribution in [0, 0.1) is 19.7 Å². The molecule has 0 spiro atoms. The fraction of sp³-hybridized carbons (Fsp3) is 0.118. The third-order valence-corrected chi connectivity index (χ3v) is 3.10. The van der Waals surface area contributed by atoms with E-state index in [0.717, 1.165) is 16.7 Å². The lowest BCUT2D eigenvalue weighted by molar-refractivity contribution is -0.136. The van der Waals surface area contributed by atoms with Gasteiger partial charge in [0.15, 0.2) is 0 Å². The number of benzene rings is 2. The third-order valence-electron chi connectivity index (χ3n) is 3.10. The van der Waals surface area contributed by atoms with Gasteiger partial charge in [-0.2, -0.15) is 5.10 Å². The van der Waals surface area contributed by atoms with Crippen LogP contribution in [-0.4, -0.2) is 18.0 Å². The Bertz CT molecular complexity index is 755. The van der Waals surface area contributed by atoms with Crippen LogP contribution in [0.4, 0.5) is 10.1 Å². The monoisotopic (exact) mass is 313 g/mol. The maximum absolute atomic E-state index is 12.8. The maximum atomic E-state index is 12.8. The standard InChI is InChI=1S/C17H16FN3O2/c1-11-3-4-13(12(2)9-11)10-19-21-17(23)16(22)20-15-7-5-14(18)6-8-15/h3-10H,1-2H3,(H,20,22)(H,21,23)/b19-10+. The number of hydrazone groups is 1. The molecule has 0 saturated carbocycles. The van der Waals surface area contributed by atoms with E-state index in [2.05, 4.69) is 15.8 Å². The number of aryl methyl sites for hydroxylation is 2. The molecule has 0 fully saturated rings. The Morgan fingerprint density at radius 1 is 1.04 bits per heavy atom. The van der Waals surface area contributed by atoms with E-state index in [4.69, 9.17) is 0 Å². The van der Waals surface area contributed by atoms with Crippen LogP contribution in [0.3, 0.4) is 0 Å². The lowest BCUT2D eigenvalue weighted by atomic mass is 10.1. The van der Waals surface area contributed by atoms with Crippen LogP contribution >= 0.6 is 0 Å². The molecular weight excluding hydrogens is 297 g/mol. The lowest BCUT2D eigenvalue weighted by Gasteiger charge is -2.04. The number of nitrogens with one attached hydrogen (secondary N) is 2. The van der Waals surface area contributed by atoms with E-state index in [-0.39, 0.29) is 0 Å². The summed E-state index contributed by atoms with van der Waals surface area (Å²) in [5.74, 6) is -2.21. The van der Waals surface area contributed by atoms with Crippen molar-refractivity contribution in [2.75, 3.05) is 5.32 Å². The van der Waals surface area contributed by atoms with Crippen molar-refractivity contribution >= 4 is 23.7 Å². The Balaban J connectivity index is 1.92. The highest BCUT2D eigenvalue weighted by Crippen LogP contribution is 2.08. The smallest absolute Gasteiger partial charge is 0.318 e. The highest BCUT2D eigenvalue weighted by Gasteiger charge is 2.12. The lowest BCUT2D eigenvalue weighted by Crippen LogP contribution is -2.32. The molecule has 0 atom stereocenters. The molecule has 0 aromatic heterocycles. The number of carbonyl (C=O) groups is 2. The third kappa shape index (κ3) is 4.74. The molecule has 6 heteroatoms. The summed E-state index contributed by atoms with van der Waals surface area (Å²) in [6, 6.07) is 10.9. The Morgan fingerprint density at radius 3 is 2.39 bits per heavy atom. The predicted molar refractivity (Wildman–Crippen MR) is 86.7 cm³/mol. The van der Waals surface area contributed by atoms with E-state index in [1.54, 1.807) is 0 Å². The van der Waals surface area contributed by atoms with Gasteiger partial charge in [0, 0.05) is 5.69 Å². The van der Waals surface area contributed by atoms with E-state index in [1.165, 1.54) is 30.5 Å². The first-order valence-corrected chi connectivity index (χ1v) is 6.93. The Kier molecular flexibility index (Phi) is 5.19. The summed E-state index contributed by atoms with van der Waals surface area (Å²) in [7, 11) is 0. The molecule has 0 saturated heterocycles. The Morgan fingerprint density at radius 2 is 1.74 bits per heavy atom. The van der Waals surface area contributed by atoms with Crippen LogP contribution in [0.15, 0.2) is 47.6 Å². The van der Waals surface area contributed by atoms with Gasteiger partial charge in [-0.15, -0.1) is 0 Å². The minimum absolute atomic E-state index is 0.324. The Hall–Kier alpha value is -3.02. The van der Waals surface area contributed by atoms with Gasteiger partial charge in [0.25, 0.3) is 0 Å². The fourth-order valence-corrected chi connectivity index (χ4v) is 1.90. The number of carbonyl (C=O) groups excluding carboxylic acids is 2. The molecule has 0 aliphatic heterocycles. The number of rotatable bonds is 3. The van der Waals surface area contributed by atoms with Gasteiger partial charge in [-0.25, -0.2) is 9.82 Å². The fourth-order valence-electron chi connectivity index (χ4n) is 1.90. The second-order valence-electron chi connectivity index (χ2n) is 5.02. The number of anilines is 1. The molecule has 0 bridgehead atoms. The van der Waals surface area contributed by atoms with E-state index in [9.17, 15) is 14.0 Å². The van der Waals surface area contributed by atoms with Gasteiger partial charge in [0.2, 0.25) is 0 Å². The van der Waals surface area contributed by atoms with Crippen LogP contribution in [0.25, 0.3) is 0 Å². The molecular formula is C17H16FN3O2. The van der Waals surface area contributed by atoms with Crippen LogP contribution < -0.4 is 10.7 Å². The van der Waals surface area contributed by atoms with Gasteiger partial charge in [0.05, 0.1) is 6.21 Å². The summed E-state index contributed by atoms with van der Waals surface area (Å²) in [5.41, 5.74) is 5.46. The SMILES string of the molecule is Cc1ccc(/C=N/NC(=O)C(=O)Nc2ccc(F)cc2)c(C)c1. The van der Waals surface area contributed by atoms with Gasteiger partial charge in [-0.3, -0.25) is 9.59 Å². The molecule has 0 aliphatic rings. The van der Waals surface area contributed by atoms with Crippen molar-refractivity contribution in [3.05, 3.63) is 65.0 Å². The van der Waals surface area contributed by atoms with Crippen molar-refractivity contribution in [1.82, 2.24) is 5.43 Å². The summed E-state index contributed by atoms with van der Waals surface area (Å²) >= 11 is 0. The zero-order valence-electron chi connectivity index (χ0n) is 12.8. The molecule has 118 valence electrons. The van der Waals surface area contributed by atoms with Crippen LogP contribution in [0.2, 0.25) is 0 Å². The quantitative estimate of drug-likeness (QED) is 0.519. The maximum Gasteiger partial charge on any atom is 0.329 e. The van der Waals surface area contributed by atoms with E-state index in [1.807, 2.05) is 32.0 Å². The summed E-state index contributed by atoms with van der Waals surface area (Å²) in [4.78, 5) is 23.3. The van der Waals surface area contributed by atoms with E-state index < -0.39 is 17.6 Å². The van der Waals surface area contributed by atoms with Gasteiger partial charge in [-0.1, -0.05) is 23.8 Å². The summed E-state index contributed by atoms with van der Waals surface area (Å²) in [6.07, 6.45) is 1.47. The molecule has 0 heterocycles. The summed E-state index contributed by atoms with van der Waals surface area (Å²) in [6.45, 7) is 3.91. The van der Waals surface area contributed by atoms with Crippen LogP contribution in [0.1, 0.15) is 16.7 Å². The molecule has 2 N–H and O–H groups in total. The van der Waals surface area contributed by atoms with Crippen molar-refractivity contribution in [3.8, 4) is 0 Å². The topological polar surface area (TPSA) is 70.6 Å². The van der Waals surface area contributed by atoms with Crippen molar-refractivity contribution in [3.63, 3.8) is 0 Å². The number of halogens is 1. The van der Waals surface area contributed by atoms with Gasteiger partial charge in [0.1, 0.15) is 5.82 Å². The average molecular weight is 313 g/mol. The number of hydrogen-bond donors (Lipinski definition) is 2. The first-order chi connectivity index (χ1) is 11.0. The first-order valence-electron chi connectivity index (χ1n) is 6.93. The number of hydrogen-bond acceptors (Lipinski definition) is 3. The molecule has 0 aliphatic carbocycles. The Labute approximate surface area is 133 Å². The minimum Gasteiger partial charge on any atom is -0.318 e.